The predicted molar refractivity (Wildman–Crippen MR) is 95.7 cm³/mol. The average Bonchev–Trinajstić information content (AvgIpc) is 2.55. The number of nitrogens with two attached hydrogens (primary N) is 1. The van der Waals surface area contributed by atoms with Gasteiger partial charge in [0.25, 0.3) is 0 Å². The van der Waals surface area contributed by atoms with Crippen molar-refractivity contribution in [2.75, 3.05) is 18.5 Å². The maximum absolute atomic E-state index is 10.4. The standard InChI is InChI=1S/C19H27N3O/c1-14(2)16-10-17(12-21-11-16)22(3)13-19(23)18(20)9-15-7-5-4-6-8-15/h4-8,10-12,14,18-19,23H,9,13,20H2,1-3H3/t18-,19+/m0/s1. The first-order valence-electron chi connectivity index (χ1n) is 8.11. The van der Waals surface area contributed by atoms with E-state index in [9.17, 15) is 5.11 Å². The first kappa shape index (κ1) is 17.4. The minimum Gasteiger partial charge on any atom is -0.390 e. The summed E-state index contributed by atoms with van der Waals surface area (Å²) in [5, 5.41) is 10.4. The number of likely N-dealkylation sites (N-methyl/N-ethyl adjacent to an activating group) is 1. The number of aromatic nitrogens is 1. The van der Waals surface area contributed by atoms with Crippen LogP contribution in [0.2, 0.25) is 0 Å². The van der Waals surface area contributed by atoms with Crippen molar-refractivity contribution in [3.63, 3.8) is 0 Å². The summed E-state index contributed by atoms with van der Waals surface area (Å²) in [5.41, 5.74) is 9.50. The van der Waals surface area contributed by atoms with Gasteiger partial charge in [0.1, 0.15) is 0 Å². The molecule has 1 heterocycles. The lowest BCUT2D eigenvalue weighted by Crippen LogP contribution is -2.43. The molecule has 0 radical (unpaired) electrons. The number of pyridine rings is 1. The van der Waals surface area contributed by atoms with Gasteiger partial charge < -0.3 is 15.7 Å². The number of aliphatic hydroxyl groups excluding tert-OH is 1. The van der Waals surface area contributed by atoms with E-state index in [1.807, 2.05) is 54.7 Å². The van der Waals surface area contributed by atoms with Crippen LogP contribution in [0.25, 0.3) is 0 Å². The molecule has 23 heavy (non-hydrogen) atoms. The molecule has 0 saturated carbocycles. The largest absolute Gasteiger partial charge is 0.390 e. The van der Waals surface area contributed by atoms with Gasteiger partial charge in [0, 0.05) is 25.8 Å². The quantitative estimate of drug-likeness (QED) is 0.825. The van der Waals surface area contributed by atoms with Crippen molar-refractivity contribution < 1.29 is 5.11 Å². The average molecular weight is 313 g/mol. The van der Waals surface area contributed by atoms with Crippen molar-refractivity contribution in [3.05, 3.63) is 59.9 Å². The molecule has 0 saturated heterocycles. The van der Waals surface area contributed by atoms with Gasteiger partial charge in [-0.25, -0.2) is 0 Å². The number of hydrogen-bond donors (Lipinski definition) is 2. The van der Waals surface area contributed by atoms with Crippen LogP contribution in [0.3, 0.4) is 0 Å². The third kappa shape index (κ3) is 5.05. The molecular formula is C19H27N3O. The number of benzene rings is 1. The second kappa shape index (κ2) is 8.09. The fraction of sp³-hybridized carbons (Fsp3) is 0.421. The molecule has 0 unspecified atom stereocenters. The Morgan fingerprint density at radius 3 is 2.52 bits per heavy atom. The van der Waals surface area contributed by atoms with Crippen LogP contribution in [0.5, 0.6) is 0 Å². The minimum absolute atomic E-state index is 0.291. The maximum Gasteiger partial charge on any atom is 0.0868 e. The van der Waals surface area contributed by atoms with E-state index in [1.54, 1.807) is 0 Å². The van der Waals surface area contributed by atoms with Crippen molar-refractivity contribution in [3.8, 4) is 0 Å². The molecule has 1 aromatic heterocycles. The van der Waals surface area contributed by atoms with Gasteiger partial charge in [-0.15, -0.1) is 0 Å². The molecule has 2 rings (SSSR count). The zero-order chi connectivity index (χ0) is 16.8. The van der Waals surface area contributed by atoms with Crippen LogP contribution in [-0.4, -0.2) is 35.8 Å². The highest BCUT2D eigenvalue weighted by atomic mass is 16.3. The van der Waals surface area contributed by atoms with Crippen molar-refractivity contribution in [2.24, 2.45) is 5.73 Å². The normalized spacial score (nSPS) is 13.8. The first-order valence-corrected chi connectivity index (χ1v) is 8.11. The summed E-state index contributed by atoms with van der Waals surface area (Å²) in [7, 11) is 1.96. The number of rotatable bonds is 7. The van der Waals surface area contributed by atoms with Gasteiger partial charge in [0.2, 0.25) is 0 Å². The van der Waals surface area contributed by atoms with Gasteiger partial charge in [0.05, 0.1) is 18.0 Å². The van der Waals surface area contributed by atoms with Crippen molar-refractivity contribution in [2.45, 2.75) is 38.3 Å². The van der Waals surface area contributed by atoms with Crippen LogP contribution in [0, 0.1) is 0 Å². The van der Waals surface area contributed by atoms with Crippen LogP contribution in [0.1, 0.15) is 30.9 Å². The van der Waals surface area contributed by atoms with Gasteiger partial charge in [-0.05, 0) is 29.5 Å². The summed E-state index contributed by atoms with van der Waals surface area (Å²) in [5.74, 6) is 0.432. The Labute approximate surface area is 139 Å². The second-order valence-electron chi connectivity index (χ2n) is 6.43. The summed E-state index contributed by atoms with van der Waals surface area (Å²) in [4.78, 5) is 6.30. The van der Waals surface area contributed by atoms with Crippen LogP contribution < -0.4 is 10.6 Å². The van der Waals surface area contributed by atoms with Crippen LogP contribution in [0.4, 0.5) is 5.69 Å². The van der Waals surface area contributed by atoms with Crippen LogP contribution >= 0.6 is 0 Å². The minimum atomic E-state index is -0.595. The summed E-state index contributed by atoms with van der Waals surface area (Å²) in [6.45, 7) is 4.77. The summed E-state index contributed by atoms with van der Waals surface area (Å²) in [6.07, 6.45) is 3.78. The van der Waals surface area contributed by atoms with E-state index >= 15 is 0 Å². The lowest BCUT2D eigenvalue weighted by atomic mass is 10.0. The van der Waals surface area contributed by atoms with E-state index in [4.69, 9.17) is 5.73 Å². The molecule has 4 nitrogen and oxygen atoms in total. The molecule has 2 atom stereocenters. The monoisotopic (exact) mass is 313 g/mol. The maximum atomic E-state index is 10.4. The van der Waals surface area contributed by atoms with Crippen molar-refractivity contribution in [1.29, 1.82) is 0 Å². The van der Waals surface area contributed by atoms with Crippen LogP contribution in [0.15, 0.2) is 48.8 Å². The molecule has 0 aliphatic heterocycles. The molecule has 1 aromatic carbocycles. The lowest BCUT2D eigenvalue weighted by Gasteiger charge is -2.26. The highest BCUT2D eigenvalue weighted by molar-refractivity contribution is 5.46. The van der Waals surface area contributed by atoms with E-state index in [1.165, 1.54) is 5.56 Å². The molecule has 124 valence electrons. The highest BCUT2D eigenvalue weighted by Crippen LogP contribution is 2.19. The molecule has 0 aliphatic carbocycles. The molecule has 0 bridgehead atoms. The van der Waals surface area contributed by atoms with Gasteiger partial charge in [-0.3, -0.25) is 4.98 Å². The Kier molecular flexibility index (Phi) is 6.13. The third-order valence-electron chi connectivity index (χ3n) is 4.12. The first-order chi connectivity index (χ1) is 11.0. The molecule has 0 aliphatic rings. The smallest absolute Gasteiger partial charge is 0.0868 e. The Morgan fingerprint density at radius 2 is 1.87 bits per heavy atom. The molecule has 4 heteroatoms. The number of hydrogen-bond acceptors (Lipinski definition) is 4. The Balaban J connectivity index is 1.96. The highest BCUT2D eigenvalue weighted by Gasteiger charge is 2.18. The van der Waals surface area contributed by atoms with Crippen molar-refractivity contribution >= 4 is 5.69 Å². The second-order valence-corrected chi connectivity index (χ2v) is 6.43. The van der Waals surface area contributed by atoms with E-state index in [2.05, 4.69) is 24.9 Å². The van der Waals surface area contributed by atoms with Gasteiger partial charge in [-0.2, -0.15) is 0 Å². The molecule has 2 aromatic rings. The predicted octanol–water partition coefficient (Wildman–Crippen LogP) is 2.57. The molecule has 0 amide bonds. The zero-order valence-corrected chi connectivity index (χ0v) is 14.2. The fourth-order valence-electron chi connectivity index (χ4n) is 2.51. The van der Waals surface area contributed by atoms with Gasteiger partial charge >= 0.3 is 0 Å². The van der Waals surface area contributed by atoms with E-state index < -0.39 is 6.10 Å². The lowest BCUT2D eigenvalue weighted by molar-refractivity contribution is 0.150. The van der Waals surface area contributed by atoms with Crippen molar-refractivity contribution in [1.82, 2.24) is 4.98 Å². The van der Waals surface area contributed by atoms with Crippen LogP contribution in [-0.2, 0) is 6.42 Å². The Bertz CT molecular complexity index is 601. The Hall–Kier alpha value is -1.91. The van der Waals surface area contributed by atoms with Gasteiger partial charge in [-0.1, -0.05) is 44.2 Å². The van der Waals surface area contributed by atoms with E-state index in [0.717, 1.165) is 11.3 Å². The third-order valence-corrected chi connectivity index (χ3v) is 4.12. The molecule has 3 N–H and O–H groups in total. The SMILES string of the molecule is CC(C)c1cncc(N(C)C[C@@H](O)[C@@H](N)Cc2ccccc2)c1. The summed E-state index contributed by atoms with van der Waals surface area (Å²) >= 11 is 0. The zero-order valence-electron chi connectivity index (χ0n) is 14.2. The van der Waals surface area contributed by atoms with E-state index in [-0.39, 0.29) is 6.04 Å². The summed E-state index contributed by atoms with van der Waals surface area (Å²) in [6, 6.07) is 11.9. The fourth-order valence-corrected chi connectivity index (χ4v) is 2.51. The number of anilines is 1. The summed E-state index contributed by atoms with van der Waals surface area (Å²) < 4.78 is 0. The van der Waals surface area contributed by atoms with E-state index in [0.29, 0.717) is 18.9 Å². The molecular weight excluding hydrogens is 286 g/mol. The number of aliphatic hydroxyl groups is 1. The number of nitrogens with zero attached hydrogens (tertiary/aromatic N) is 2. The van der Waals surface area contributed by atoms with Gasteiger partial charge in [0.15, 0.2) is 0 Å². The molecule has 0 fully saturated rings. The topological polar surface area (TPSA) is 62.4 Å². The molecule has 0 spiro atoms. The Morgan fingerprint density at radius 1 is 1.17 bits per heavy atom.